The number of aryl methyl sites for hydroxylation is 2. The van der Waals surface area contributed by atoms with Gasteiger partial charge in [-0.1, -0.05) is 70.0 Å². The number of rotatable bonds is 2. The molecule has 104 valence electrons. The van der Waals surface area contributed by atoms with Crippen molar-refractivity contribution in [2.75, 3.05) is 0 Å². The van der Waals surface area contributed by atoms with E-state index in [2.05, 4.69) is 71.4 Å². The highest BCUT2D eigenvalue weighted by atomic mass is 79.9. The van der Waals surface area contributed by atoms with E-state index in [1.54, 1.807) is 0 Å². The van der Waals surface area contributed by atoms with Gasteiger partial charge in [0.15, 0.2) is 0 Å². The molecule has 0 N–H and O–H groups in total. The Balaban J connectivity index is 1.84. The summed E-state index contributed by atoms with van der Waals surface area (Å²) in [5, 5.41) is 0. The number of hydrogen-bond acceptors (Lipinski definition) is 0. The van der Waals surface area contributed by atoms with Crippen molar-refractivity contribution in [2.45, 2.75) is 37.4 Å². The minimum Gasteiger partial charge on any atom is -0.0836 e. The van der Waals surface area contributed by atoms with E-state index in [-0.39, 0.29) is 0 Å². The molecule has 0 bridgehead atoms. The molecule has 0 amide bonds. The predicted molar refractivity (Wildman–Crippen MR) is 89.4 cm³/mol. The summed E-state index contributed by atoms with van der Waals surface area (Å²) in [5.41, 5.74) is 5.87. The Kier molecular flexibility index (Phi) is 4.26. The van der Waals surface area contributed by atoms with Gasteiger partial charge in [-0.3, -0.25) is 0 Å². The lowest BCUT2D eigenvalue weighted by molar-refractivity contribution is 0.475. The Bertz CT molecular complexity index is 588. The average molecular weight is 329 g/mol. The molecule has 0 nitrogen and oxygen atoms in total. The minimum absolute atomic E-state index is 0.488. The molecule has 0 heterocycles. The van der Waals surface area contributed by atoms with Crippen LogP contribution in [0.25, 0.3) is 0 Å². The number of alkyl halides is 1. The van der Waals surface area contributed by atoms with Gasteiger partial charge in [0, 0.05) is 4.83 Å². The molecule has 0 aliphatic heterocycles. The number of benzene rings is 2. The van der Waals surface area contributed by atoms with Crippen molar-refractivity contribution < 1.29 is 0 Å². The first-order chi connectivity index (χ1) is 9.74. The number of halogens is 1. The first kappa shape index (κ1) is 13.9. The van der Waals surface area contributed by atoms with Crippen molar-refractivity contribution in [1.29, 1.82) is 0 Å². The molecule has 0 saturated carbocycles. The lowest BCUT2D eigenvalue weighted by Gasteiger charge is -2.22. The second kappa shape index (κ2) is 6.13. The zero-order chi connectivity index (χ0) is 13.9. The standard InChI is InChI=1S/C19H21Br/c1-14-6-4-7-15(12-14)13-17-10-5-9-16-8-2-3-11-18(16)19(17)20/h2-4,6-8,11-12,17,19H,5,9-10,13H2,1H3. The summed E-state index contributed by atoms with van der Waals surface area (Å²) >= 11 is 3.98. The van der Waals surface area contributed by atoms with Gasteiger partial charge in [-0.05, 0) is 55.2 Å². The summed E-state index contributed by atoms with van der Waals surface area (Å²) < 4.78 is 0. The van der Waals surface area contributed by atoms with Crippen molar-refractivity contribution >= 4 is 15.9 Å². The first-order valence-electron chi connectivity index (χ1n) is 7.51. The van der Waals surface area contributed by atoms with Crippen molar-refractivity contribution in [1.82, 2.24) is 0 Å². The molecule has 1 heteroatoms. The Morgan fingerprint density at radius 2 is 1.95 bits per heavy atom. The fourth-order valence-electron chi connectivity index (χ4n) is 3.33. The largest absolute Gasteiger partial charge is 0.0836 e. The predicted octanol–water partition coefficient (Wildman–Crippen LogP) is 5.63. The van der Waals surface area contributed by atoms with Crippen LogP contribution in [-0.2, 0) is 12.8 Å². The van der Waals surface area contributed by atoms with Gasteiger partial charge in [0.1, 0.15) is 0 Å². The van der Waals surface area contributed by atoms with E-state index >= 15 is 0 Å². The quantitative estimate of drug-likeness (QED) is 0.495. The number of hydrogen-bond donors (Lipinski definition) is 0. The van der Waals surface area contributed by atoms with Crippen LogP contribution in [0.1, 0.15) is 39.9 Å². The second-order valence-corrected chi connectivity index (χ2v) is 6.93. The normalized spacial score (nSPS) is 22.1. The fourth-order valence-corrected chi connectivity index (χ4v) is 4.23. The highest BCUT2D eigenvalue weighted by molar-refractivity contribution is 9.09. The van der Waals surface area contributed by atoms with E-state index in [0.717, 1.165) is 0 Å². The topological polar surface area (TPSA) is 0 Å². The molecule has 2 aromatic rings. The first-order valence-corrected chi connectivity index (χ1v) is 8.43. The van der Waals surface area contributed by atoms with Crippen LogP contribution in [0.2, 0.25) is 0 Å². The smallest absolute Gasteiger partial charge is 0.0429 e. The van der Waals surface area contributed by atoms with E-state index in [1.165, 1.54) is 47.9 Å². The lowest BCUT2D eigenvalue weighted by Crippen LogP contribution is -2.10. The number of fused-ring (bicyclic) bond motifs is 1. The summed E-state index contributed by atoms with van der Waals surface area (Å²) in [7, 11) is 0. The van der Waals surface area contributed by atoms with Gasteiger partial charge >= 0.3 is 0 Å². The zero-order valence-electron chi connectivity index (χ0n) is 12.0. The molecular weight excluding hydrogens is 308 g/mol. The van der Waals surface area contributed by atoms with Crippen LogP contribution in [0.5, 0.6) is 0 Å². The molecule has 0 radical (unpaired) electrons. The summed E-state index contributed by atoms with van der Waals surface area (Å²) in [6.45, 7) is 2.18. The highest BCUT2D eigenvalue weighted by Crippen LogP contribution is 2.40. The van der Waals surface area contributed by atoms with Crippen LogP contribution in [0, 0.1) is 12.8 Å². The summed E-state index contributed by atoms with van der Waals surface area (Å²) in [6.07, 6.45) is 5.00. The molecule has 0 saturated heterocycles. The van der Waals surface area contributed by atoms with E-state index in [0.29, 0.717) is 10.7 Å². The molecule has 20 heavy (non-hydrogen) atoms. The van der Waals surface area contributed by atoms with Gasteiger partial charge < -0.3 is 0 Å². The van der Waals surface area contributed by atoms with Crippen LogP contribution in [0.15, 0.2) is 48.5 Å². The van der Waals surface area contributed by atoms with Crippen molar-refractivity contribution in [3.63, 3.8) is 0 Å². The van der Waals surface area contributed by atoms with Crippen LogP contribution in [-0.4, -0.2) is 0 Å². The lowest BCUT2D eigenvalue weighted by atomic mass is 9.90. The fraction of sp³-hybridized carbons (Fsp3) is 0.368. The van der Waals surface area contributed by atoms with Gasteiger partial charge in [-0.15, -0.1) is 0 Å². The van der Waals surface area contributed by atoms with E-state index in [9.17, 15) is 0 Å². The highest BCUT2D eigenvalue weighted by Gasteiger charge is 2.25. The molecular formula is C19H21Br. The second-order valence-electron chi connectivity index (χ2n) is 5.95. The molecule has 2 unspecified atom stereocenters. The van der Waals surface area contributed by atoms with Gasteiger partial charge in [0.05, 0.1) is 0 Å². The molecule has 0 spiro atoms. The average Bonchev–Trinajstić information content (AvgIpc) is 2.60. The molecule has 1 aliphatic rings. The van der Waals surface area contributed by atoms with Gasteiger partial charge in [-0.2, -0.15) is 0 Å². The van der Waals surface area contributed by atoms with Gasteiger partial charge in [0.2, 0.25) is 0 Å². The third-order valence-electron chi connectivity index (χ3n) is 4.37. The zero-order valence-corrected chi connectivity index (χ0v) is 13.6. The van der Waals surface area contributed by atoms with Gasteiger partial charge in [-0.25, -0.2) is 0 Å². The molecule has 0 aromatic heterocycles. The maximum Gasteiger partial charge on any atom is 0.0429 e. The van der Waals surface area contributed by atoms with Crippen LogP contribution in [0.4, 0.5) is 0 Å². The van der Waals surface area contributed by atoms with E-state index < -0.39 is 0 Å². The summed E-state index contributed by atoms with van der Waals surface area (Å²) in [4.78, 5) is 0.488. The third-order valence-corrected chi connectivity index (χ3v) is 5.61. The molecule has 2 aromatic carbocycles. The maximum atomic E-state index is 3.98. The Morgan fingerprint density at radius 1 is 1.10 bits per heavy atom. The molecule has 2 atom stereocenters. The van der Waals surface area contributed by atoms with Crippen LogP contribution < -0.4 is 0 Å². The Labute approximate surface area is 130 Å². The SMILES string of the molecule is Cc1cccc(CC2CCCc3ccccc3C2Br)c1. The molecule has 1 aliphatic carbocycles. The van der Waals surface area contributed by atoms with Gasteiger partial charge in [0.25, 0.3) is 0 Å². The molecule has 0 fully saturated rings. The monoisotopic (exact) mass is 328 g/mol. The molecule has 3 rings (SSSR count). The van der Waals surface area contributed by atoms with E-state index in [1.807, 2.05) is 0 Å². The summed E-state index contributed by atoms with van der Waals surface area (Å²) in [6, 6.07) is 17.9. The van der Waals surface area contributed by atoms with Crippen molar-refractivity contribution in [3.05, 3.63) is 70.8 Å². The van der Waals surface area contributed by atoms with Crippen molar-refractivity contribution in [2.24, 2.45) is 5.92 Å². The Morgan fingerprint density at radius 3 is 2.80 bits per heavy atom. The maximum absolute atomic E-state index is 3.98. The minimum atomic E-state index is 0.488. The third kappa shape index (κ3) is 2.98. The summed E-state index contributed by atoms with van der Waals surface area (Å²) in [5.74, 6) is 0.695. The Hall–Kier alpha value is -1.08. The van der Waals surface area contributed by atoms with Crippen LogP contribution >= 0.6 is 15.9 Å². The van der Waals surface area contributed by atoms with E-state index in [4.69, 9.17) is 0 Å². The van der Waals surface area contributed by atoms with Crippen LogP contribution in [0.3, 0.4) is 0 Å². The van der Waals surface area contributed by atoms with Crippen molar-refractivity contribution in [3.8, 4) is 0 Å².